The van der Waals surface area contributed by atoms with Crippen molar-refractivity contribution in [2.24, 2.45) is 0 Å². The van der Waals surface area contributed by atoms with Crippen molar-refractivity contribution in [2.45, 2.75) is 32.4 Å². The standard InChI is InChI=1S/C13H16ClN5O2/c1-13(2,3)21-12(20)18-4-8(5-18)19-7-17-9-10(14)15-6-16-11(9)19/h6-8H,4-5H2,1-3H3. The summed E-state index contributed by atoms with van der Waals surface area (Å²) in [5.74, 6) is 0. The van der Waals surface area contributed by atoms with E-state index < -0.39 is 5.60 Å². The molecule has 0 unspecified atom stereocenters. The van der Waals surface area contributed by atoms with Crippen molar-refractivity contribution >= 4 is 28.9 Å². The van der Waals surface area contributed by atoms with Crippen LogP contribution in [0.2, 0.25) is 5.15 Å². The van der Waals surface area contributed by atoms with E-state index in [9.17, 15) is 4.79 Å². The topological polar surface area (TPSA) is 73.1 Å². The Labute approximate surface area is 126 Å². The third-order valence-electron chi connectivity index (χ3n) is 3.22. The molecule has 1 fully saturated rings. The fourth-order valence-electron chi connectivity index (χ4n) is 2.20. The molecule has 2 aromatic heterocycles. The Morgan fingerprint density at radius 1 is 1.33 bits per heavy atom. The lowest BCUT2D eigenvalue weighted by molar-refractivity contribution is 0.00145. The van der Waals surface area contributed by atoms with Crippen molar-refractivity contribution in [2.75, 3.05) is 13.1 Å². The average Bonchev–Trinajstić information content (AvgIpc) is 2.70. The van der Waals surface area contributed by atoms with Crippen LogP contribution in [0.25, 0.3) is 11.2 Å². The van der Waals surface area contributed by atoms with E-state index in [4.69, 9.17) is 16.3 Å². The van der Waals surface area contributed by atoms with Gasteiger partial charge in [-0.05, 0) is 20.8 Å². The molecule has 0 N–H and O–H groups in total. The zero-order chi connectivity index (χ0) is 15.2. The van der Waals surface area contributed by atoms with E-state index >= 15 is 0 Å². The van der Waals surface area contributed by atoms with E-state index in [0.717, 1.165) is 0 Å². The predicted octanol–water partition coefficient (Wildman–Crippen LogP) is 2.27. The maximum atomic E-state index is 11.9. The second-order valence-corrected chi connectivity index (χ2v) is 6.39. The molecule has 8 heteroatoms. The molecule has 0 aromatic carbocycles. The highest BCUT2D eigenvalue weighted by atomic mass is 35.5. The van der Waals surface area contributed by atoms with Crippen LogP contribution in [0.1, 0.15) is 26.8 Å². The quantitative estimate of drug-likeness (QED) is 0.756. The summed E-state index contributed by atoms with van der Waals surface area (Å²) in [6.45, 7) is 6.70. The predicted molar refractivity (Wildman–Crippen MR) is 77.2 cm³/mol. The Balaban J connectivity index is 1.71. The molecule has 7 nitrogen and oxygen atoms in total. The van der Waals surface area contributed by atoms with Crippen LogP contribution in [0.15, 0.2) is 12.7 Å². The largest absolute Gasteiger partial charge is 0.444 e. The molecule has 21 heavy (non-hydrogen) atoms. The number of rotatable bonds is 1. The minimum Gasteiger partial charge on any atom is -0.444 e. The van der Waals surface area contributed by atoms with Gasteiger partial charge < -0.3 is 14.2 Å². The molecule has 1 aliphatic rings. The van der Waals surface area contributed by atoms with Crippen molar-refractivity contribution in [1.82, 2.24) is 24.4 Å². The van der Waals surface area contributed by atoms with Gasteiger partial charge in [0.05, 0.1) is 12.4 Å². The van der Waals surface area contributed by atoms with Crippen molar-refractivity contribution in [3.05, 3.63) is 17.8 Å². The zero-order valence-electron chi connectivity index (χ0n) is 12.1. The van der Waals surface area contributed by atoms with Crippen LogP contribution in [-0.2, 0) is 4.74 Å². The Morgan fingerprint density at radius 3 is 2.71 bits per heavy atom. The van der Waals surface area contributed by atoms with Crippen LogP contribution >= 0.6 is 11.6 Å². The molecular formula is C13H16ClN5O2. The van der Waals surface area contributed by atoms with Gasteiger partial charge in [0.25, 0.3) is 0 Å². The lowest BCUT2D eigenvalue weighted by atomic mass is 10.1. The Bertz CT molecular complexity index is 687. The number of nitrogens with zero attached hydrogens (tertiary/aromatic N) is 5. The summed E-state index contributed by atoms with van der Waals surface area (Å²) in [6, 6.07) is 0.133. The highest BCUT2D eigenvalue weighted by Crippen LogP contribution is 2.27. The molecule has 0 saturated carbocycles. The van der Waals surface area contributed by atoms with Gasteiger partial charge in [-0.1, -0.05) is 11.6 Å². The number of likely N-dealkylation sites (tertiary alicyclic amines) is 1. The second kappa shape index (κ2) is 4.84. The first-order chi connectivity index (χ1) is 9.85. The van der Waals surface area contributed by atoms with Crippen LogP contribution in [0.3, 0.4) is 0 Å². The van der Waals surface area contributed by atoms with Crippen LogP contribution < -0.4 is 0 Å². The van der Waals surface area contributed by atoms with Crippen molar-refractivity contribution in [1.29, 1.82) is 0 Å². The number of imidazole rings is 1. The molecule has 1 aliphatic heterocycles. The van der Waals surface area contributed by atoms with Gasteiger partial charge in [-0.25, -0.2) is 19.7 Å². The molecule has 2 aromatic rings. The molecule has 3 heterocycles. The van der Waals surface area contributed by atoms with E-state index in [1.54, 1.807) is 11.2 Å². The molecule has 0 bridgehead atoms. The summed E-state index contributed by atoms with van der Waals surface area (Å²) >= 11 is 5.98. The van der Waals surface area contributed by atoms with Gasteiger partial charge in [0.2, 0.25) is 0 Å². The molecule has 0 radical (unpaired) electrons. The van der Waals surface area contributed by atoms with Gasteiger partial charge in [0.1, 0.15) is 17.4 Å². The number of amides is 1. The molecule has 0 aliphatic carbocycles. The number of hydrogen-bond acceptors (Lipinski definition) is 5. The van der Waals surface area contributed by atoms with Gasteiger partial charge in [-0.15, -0.1) is 0 Å². The summed E-state index contributed by atoms with van der Waals surface area (Å²) in [5, 5.41) is 0.335. The van der Waals surface area contributed by atoms with Gasteiger partial charge in [0, 0.05) is 13.1 Å². The first-order valence-electron chi connectivity index (χ1n) is 6.66. The van der Waals surface area contributed by atoms with E-state index in [1.807, 2.05) is 25.3 Å². The highest BCUT2D eigenvalue weighted by Gasteiger charge is 2.35. The summed E-state index contributed by atoms with van der Waals surface area (Å²) < 4.78 is 7.25. The molecule has 0 spiro atoms. The van der Waals surface area contributed by atoms with Crippen molar-refractivity contribution in [3.8, 4) is 0 Å². The SMILES string of the molecule is CC(C)(C)OC(=O)N1CC(n2cnc3c(Cl)ncnc32)C1. The lowest BCUT2D eigenvalue weighted by Crippen LogP contribution is -2.52. The summed E-state index contributed by atoms with van der Waals surface area (Å²) in [4.78, 5) is 25.9. The lowest BCUT2D eigenvalue weighted by Gasteiger charge is -2.40. The average molecular weight is 310 g/mol. The maximum absolute atomic E-state index is 11.9. The number of hydrogen-bond donors (Lipinski definition) is 0. The Hall–Kier alpha value is -1.89. The maximum Gasteiger partial charge on any atom is 0.410 e. The summed E-state index contributed by atoms with van der Waals surface area (Å²) in [6.07, 6.45) is 2.80. The molecule has 1 amide bonds. The van der Waals surface area contributed by atoms with Crippen molar-refractivity contribution < 1.29 is 9.53 Å². The van der Waals surface area contributed by atoms with Crippen LogP contribution in [0.5, 0.6) is 0 Å². The van der Waals surface area contributed by atoms with Crippen LogP contribution in [0, 0.1) is 0 Å². The van der Waals surface area contributed by atoms with Crippen LogP contribution in [0.4, 0.5) is 4.79 Å². The molecule has 112 valence electrons. The zero-order valence-corrected chi connectivity index (χ0v) is 12.8. The van der Waals surface area contributed by atoms with E-state index in [2.05, 4.69) is 15.0 Å². The van der Waals surface area contributed by atoms with Gasteiger partial charge in [0.15, 0.2) is 10.8 Å². The molecule has 1 saturated heterocycles. The fourth-order valence-corrected chi connectivity index (χ4v) is 2.37. The normalized spacial score (nSPS) is 16.1. The van der Waals surface area contributed by atoms with Crippen molar-refractivity contribution in [3.63, 3.8) is 0 Å². The van der Waals surface area contributed by atoms with Gasteiger partial charge in [-0.2, -0.15) is 0 Å². The number of halogens is 1. The number of carbonyl (C=O) groups is 1. The number of fused-ring (bicyclic) bond motifs is 1. The van der Waals surface area contributed by atoms with Gasteiger partial charge >= 0.3 is 6.09 Å². The summed E-state index contributed by atoms with van der Waals surface area (Å²) in [5.41, 5.74) is 0.781. The molecule has 0 atom stereocenters. The van der Waals surface area contributed by atoms with E-state index in [-0.39, 0.29) is 12.1 Å². The minimum atomic E-state index is -0.482. The number of carbonyl (C=O) groups excluding carboxylic acids is 1. The Morgan fingerprint density at radius 2 is 2.05 bits per heavy atom. The second-order valence-electron chi connectivity index (χ2n) is 6.03. The molecule has 3 rings (SSSR count). The third-order valence-corrected chi connectivity index (χ3v) is 3.50. The van der Waals surface area contributed by atoms with Crippen LogP contribution in [-0.4, -0.2) is 49.2 Å². The summed E-state index contributed by atoms with van der Waals surface area (Å²) in [7, 11) is 0. The monoisotopic (exact) mass is 309 g/mol. The minimum absolute atomic E-state index is 0.133. The first kappa shape index (κ1) is 14.1. The smallest absolute Gasteiger partial charge is 0.410 e. The molecular weight excluding hydrogens is 294 g/mol. The first-order valence-corrected chi connectivity index (χ1v) is 7.04. The highest BCUT2D eigenvalue weighted by molar-refractivity contribution is 6.33. The van der Waals surface area contributed by atoms with E-state index in [0.29, 0.717) is 29.4 Å². The third kappa shape index (κ3) is 2.65. The number of aromatic nitrogens is 4. The fraction of sp³-hybridized carbons (Fsp3) is 0.538. The number of ether oxygens (including phenoxy) is 1. The Kier molecular flexibility index (Phi) is 3.24. The van der Waals surface area contributed by atoms with Gasteiger partial charge in [-0.3, -0.25) is 0 Å². The van der Waals surface area contributed by atoms with E-state index in [1.165, 1.54) is 6.33 Å².